The van der Waals surface area contributed by atoms with Crippen LogP contribution in [0.5, 0.6) is 0 Å². The third-order valence-corrected chi connectivity index (χ3v) is 1.45. The van der Waals surface area contributed by atoms with Gasteiger partial charge < -0.3 is 9.26 Å². The SMILES string of the molecule is NS(=O)(=O)COC(=O)c1ccon1. The highest BCUT2D eigenvalue weighted by Crippen LogP contribution is 1.97. The van der Waals surface area contributed by atoms with Crippen LogP contribution in [0.25, 0.3) is 0 Å². The van der Waals surface area contributed by atoms with Gasteiger partial charge in [0, 0.05) is 6.07 Å². The van der Waals surface area contributed by atoms with Crippen molar-refractivity contribution in [1.82, 2.24) is 5.16 Å². The zero-order valence-electron chi connectivity index (χ0n) is 6.34. The van der Waals surface area contributed by atoms with Gasteiger partial charge in [-0.1, -0.05) is 5.16 Å². The van der Waals surface area contributed by atoms with E-state index >= 15 is 0 Å². The predicted molar refractivity (Wildman–Crippen MR) is 39.9 cm³/mol. The number of nitrogens with two attached hydrogens (primary N) is 1. The topological polar surface area (TPSA) is 112 Å². The maximum Gasteiger partial charge on any atom is 0.361 e. The van der Waals surface area contributed by atoms with E-state index in [1.165, 1.54) is 6.07 Å². The fourth-order valence-electron chi connectivity index (χ4n) is 0.527. The van der Waals surface area contributed by atoms with Crippen molar-refractivity contribution in [2.45, 2.75) is 0 Å². The molecule has 0 aliphatic heterocycles. The van der Waals surface area contributed by atoms with Gasteiger partial charge in [0.1, 0.15) is 6.26 Å². The molecule has 0 bridgehead atoms. The molecule has 0 aromatic carbocycles. The van der Waals surface area contributed by atoms with Crippen molar-refractivity contribution >= 4 is 16.0 Å². The molecule has 0 unspecified atom stereocenters. The largest absolute Gasteiger partial charge is 0.443 e. The van der Waals surface area contributed by atoms with Gasteiger partial charge in [-0.2, -0.15) is 0 Å². The molecule has 0 radical (unpaired) electrons. The Morgan fingerprint density at radius 2 is 2.38 bits per heavy atom. The van der Waals surface area contributed by atoms with Crippen molar-refractivity contribution < 1.29 is 22.5 Å². The Hall–Kier alpha value is -1.41. The number of sulfonamides is 1. The molecule has 0 spiro atoms. The highest BCUT2D eigenvalue weighted by molar-refractivity contribution is 7.88. The van der Waals surface area contributed by atoms with E-state index < -0.39 is 21.9 Å². The van der Waals surface area contributed by atoms with Crippen LogP contribution in [0.4, 0.5) is 0 Å². The van der Waals surface area contributed by atoms with E-state index in [-0.39, 0.29) is 5.69 Å². The van der Waals surface area contributed by atoms with Crippen LogP contribution in [0.3, 0.4) is 0 Å². The van der Waals surface area contributed by atoms with Crippen LogP contribution < -0.4 is 5.14 Å². The van der Waals surface area contributed by atoms with Gasteiger partial charge in [0.05, 0.1) is 0 Å². The van der Waals surface area contributed by atoms with Crippen LogP contribution in [0.2, 0.25) is 0 Å². The molecule has 0 amide bonds. The van der Waals surface area contributed by atoms with Crippen LogP contribution in [0, 0.1) is 0 Å². The number of hydrogen-bond acceptors (Lipinski definition) is 6. The number of carbonyl (C=O) groups excluding carboxylic acids is 1. The molecule has 13 heavy (non-hydrogen) atoms. The van der Waals surface area contributed by atoms with Crippen molar-refractivity contribution in [3.05, 3.63) is 18.0 Å². The molecule has 1 rings (SSSR count). The number of carbonyl (C=O) groups is 1. The summed E-state index contributed by atoms with van der Waals surface area (Å²) in [6, 6.07) is 1.24. The fraction of sp³-hybridized carbons (Fsp3) is 0.200. The van der Waals surface area contributed by atoms with Crippen LogP contribution >= 0.6 is 0 Å². The Balaban J connectivity index is 2.53. The van der Waals surface area contributed by atoms with Crippen LogP contribution in [0.1, 0.15) is 10.5 Å². The Morgan fingerprint density at radius 3 is 2.85 bits per heavy atom. The lowest BCUT2D eigenvalue weighted by molar-refractivity contribution is 0.0559. The lowest BCUT2D eigenvalue weighted by atomic mass is 10.4. The molecule has 8 heteroatoms. The Bertz CT molecular complexity index is 381. The molecule has 0 aliphatic rings. The van der Waals surface area contributed by atoms with E-state index in [1.807, 2.05) is 0 Å². The number of aromatic nitrogens is 1. The van der Waals surface area contributed by atoms with Crippen molar-refractivity contribution in [3.63, 3.8) is 0 Å². The number of primary sulfonamides is 1. The lowest BCUT2D eigenvalue weighted by Gasteiger charge is -1.98. The van der Waals surface area contributed by atoms with Gasteiger partial charge in [0.2, 0.25) is 16.0 Å². The van der Waals surface area contributed by atoms with E-state index in [4.69, 9.17) is 0 Å². The smallest absolute Gasteiger partial charge is 0.361 e. The van der Waals surface area contributed by atoms with Crippen LogP contribution in [-0.2, 0) is 14.8 Å². The highest BCUT2D eigenvalue weighted by Gasteiger charge is 2.13. The van der Waals surface area contributed by atoms with E-state index in [2.05, 4.69) is 19.6 Å². The number of hydrogen-bond donors (Lipinski definition) is 1. The standard InChI is InChI=1S/C5H6N2O5S/c6-13(9,10)3-11-5(8)4-1-2-12-7-4/h1-2H,3H2,(H2,6,9,10). The van der Waals surface area contributed by atoms with Crippen LogP contribution in [0.15, 0.2) is 16.9 Å². The third kappa shape index (κ3) is 3.22. The first-order valence-electron chi connectivity index (χ1n) is 3.07. The van der Waals surface area contributed by atoms with Crippen LogP contribution in [-0.4, -0.2) is 25.5 Å². The number of rotatable bonds is 3. The van der Waals surface area contributed by atoms with E-state index in [9.17, 15) is 13.2 Å². The van der Waals surface area contributed by atoms with Gasteiger partial charge in [-0.15, -0.1) is 0 Å². The minimum Gasteiger partial charge on any atom is -0.443 e. The number of ether oxygens (including phenoxy) is 1. The summed E-state index contributed by atoms with van der Waals surface area (Å²) >= 11 is 0. The first-order chi connectivity index (χ1) is 5.99. The van der Waals surface area contributed by atoms with Crippen molar-refractivity contribution in [2.75, 3.05) is 5.94 Å². The average molecular weight is 206 g/mol. The fourth-order valence-corrected chi connectivity index (χ4v) is 0.799. The molecule has 2 N–H and O–H groups in total. The van der Waals surface area contributed by atoms with Crippen molar-refractivity contribution in [2.24, 2.45) is 5.14 Å². The molecule has 0 saturated heterocycles. The predicted octanol–water partition coefficient (Wildman–Crippen LogP) is -0.923. The Labute approximate surface area is 73.5 Å². The van der Waals surface area contributed by atoms with E-state index in [0.717, 1.165) is 6.26 Å². The van der Waals surface area contributed by atoms with Crippen molar-refractivity contribution in [1.29, 1.82) is 0 Å². The summed E-state index contributed by atoms with van der Waals surface area (Å²) in [5.41, 5.74) is -0.108. The molecule has 0 fully saturated rings. The Kier molecular flexibility index (Phi) is 2.63. The summed E-state index contributed by atoms with van der Waals surface area (Å²) < 4.78 is 29.3. The van der Waals surface area contributed by atoms with Gasteiger partial charge in [-0.05, 0) is 0 Å². The van der Waals surface area contributed by atoms with Gasteiger partial charge in [-0.3, -0.25) is 0 Å². The third-order valence-electron chi connectivity index (χ3n) is 1.00. The summed E-state index contributed by atoms with van der Waals surface area (Å²) in [7, 11) is -3.81. The normalized spacial score (nSPS) is 11.2. The summed E-state index contributed by atoms with van der Waals surface area (Å²) in [5.74, 6) is -1.78. The van der Waals surface area contributed by atoms with E-state index in [0.29, 0.717) is 0 Å². The summed E-state index contributed by atoms with van der Waals surface area (Å²) in [6.45, 7) is 0. The second-order valence-corrected chi connectivity index (χ2v) is 3.66. The molecular weight excluding hydrogens is 200 g/mol. The molecule has 1 aromatic heterocycles. The van der Waals surface area contributed by atoms with E-state index in [1.54, 1.807) is 0 Å². The maximum absolute atomic E-state index is 10.9. The summed E-state index contributed by atoms with van der Waals surface area (Å²) in [5, 5.41) is 7.82. The minimum atomic E-state index is -3.81. The van der Waals surface area contributed by atoms with Gasteiger partial charge in [0.25, 0.3) is 0 Å². The molecule has 7 nitrogen and oxygen atoms in total. The minimum absolute atomic E-state index is 0.108. The molecule has 1 aromatic rings. The maximum atomic E-state index is 10.9. The number of nitrogens with zero attached hydrogens (tertiary/aromatic N) is 1. The molecule has 0 saturated carbocycles. The van der Waals surface area contributed by atoms with Gasteiger partial charge in [0.15, 0.2) is 5.69 Å². The molecule has 1 heterocycles. The average Bonchev–Trinajstić information content (AvgIpc) is 2.50. The zero-order valence-corrected chi connectivity index (χ0v) is 7.15. The van der Waals surface area contributed by atoms with Crippen molar-refractivity contribution in [3.8, 4) is 0 Å². The number of esters is 1. The molecule has 72 valence electrons. The molecular formula is C5H6N2O5S. The monoisotopic (exact) mass is 206 g/mol. The first-order valence-corrected chi connectivity index (χ1v) is 4.78. The quantitative estimate of drug-likeness (QED) is 0.640. The second kappa shape index (κ2) is 3.54. The first kappa shape index (κ1) is 9.68. The van der Waals surface area contributed by atoms with Gasteiger partial charge in [-0.25, -0.2) is 18.4 Å². The molecule has 0 atom stereocenters. The molecule has 0 aliphatic carbocycles. The lowest BCUT2D eigenvalue weighted by Crippen LogP contribution is -2.21. The van der Waals surface area contributed by atoms with Gasteiger partial charge >= 0.3 is 5.97 Å². The highest BCUT2D eigenvalue weighted by atomic mass is 32.2. The summed E-state index contributed by atoms with van der Waals surface area (Å²) in [4.78, 5) is 10.9. The Morgan fingerprint density at radius 1 is 1.69 bits per heavy atom. The zero-order chi connectivity index (χ0) is 9.90. The second-order valence-electron chi connectivity index (χ2n) is 2.10. The summed E-state index contributed by atoms with van der Waals surface area (Å²) in [6.07, 6.45) is 1.16.